The van der Waals surface area contributed by atoms with Crippen molar-refractivity contribution in [2.75, 3.05) is 19.7 Å². The van der Waals surface area contributed by atoms with Crippen LogP contribution in [0, 0.1) is 5.41 Å². The van der Waals surface area contributed by atoms with Gasteiger partial charge in [0.05, 0.1) is 13.0 Å². The van der Waals surface area contributed by atoms with Crippen LogP contribution < -0.4 is 10.6 Å². The van der Waals surface area contributed by atoms with Crippen molar-refractivity contribution in [3.8, 4) is 0 Å². The summed E-state index contributed by atoms with van der Waals surface area (Å²) < 4.78 is 0. The molecule has 0 bridgehead atoms. The van der Waals surface area contributed by atoms with Gasteiger partial charge in [0, 0.05) is 18.5 Å². The highest BCUT2D eigenvalue weighted by atomic mass is 16.4. The Kier molecular flexibility index (Phi) is 7.29. The predicted octanol–water partition coefficient (Wildman–Crippen LogP) is 0.559. The lowest BCUT2D eigenvalue weighted by Crippen LogP contribution is -2.44. The van der Waals surface area contributed by atoms with Crippen LogP contribution in [0.15, 0.2) is 0 Å². The SMILES string of the molecule is CCC(CC)(CO)CNC(=O)NCCC(=O)O. The number of carbonyl (C=O) groups excluding carboxylic acids is 1. The fraction of sp³-hybridized carbons (Fsp3) is 0.818. The Hall–Kier alpha value is -1.30. The van der Waals surface area contributed by atoms with Gasteiger partial charge in [-0.2, -0.15) is 0 Å². The molecule has 6 nitrogen and oxygen atoms in total. The normalized spacial score (nSPS) is 11.0. The van der Waals surface area contributed by atoms with Crippen molar-refractivity contribution in [1.29, 1.82) is 0 Å². The molecule has 0 saturated carbocycles. The number of hydrogen-bond acceptors (Lipinski definition) is 3. The summed E-state index contributed by atoms with van der Waals surface area (Å²) in [6.07, 6.45) is 1.45. The van der Waals surface area contributed by atoms with E-state index in [0.29, 0.717) is 6.54 Å². The van der Waals surface area contributed by atoms with Crippen molar-refractivity contribution < 1.29 is 19.8 Å². The van der Waals surface area contributed by atoms with Gasteiger partial charge in [0.15, 0.2) is 0 Å². The van der Waals surface area contributed by atoms with Gasteiger partial charge in [-0.05, 0) is 12.8 Å². The molecule has 0 unspecified atom stereocenters. The van der Waals surface area contributed by atoms with Crippen LogP contribution in [0.3, 0.4) is 0 Å². The first-order valence-electron chi connectivity index (χ1n) is 5.84. The number of amides is 2. The number of hydrogen-bond donors (Lipinski definition) is 4. The lowest BCUT2D eigenvalue weighted by atomic mass is 9.83. The van der Waals surface area contributed by atoms with E-state index in [1.165, 1.54) is 0 Å². The third-order valence-electron chi connectivity index (χ3n) is 3.08. The van der Waals surface area contributed by atoms with Crippen molar-refractivity contribution in [3.05, 3.63) is 0 Å². The van der Waals surface area contributed by atoms with Crippen molar-refractivity contribution >= 4 is 12.0 Å². The average molecular weight is 246 g/mol. The maximum Gasteiger partial charge on any atom is 0.314 e. The zero-order valence-corrected chi connectivity index (χ0v) is 10.5. The first-order valence-corrected chi connectivity index (χ1v) is 5.84. The van der Waals surface area contributed by atoms with Gasteiger partial charge < -0.3 is 20.8 Å². The van der Waals surface area contributed by atoms with E-state index in [2.05, 4.69) is 10.6 Å². The van der Waals surface area contributed by atoms with E-state index in [-0.39, 0.29) is 25.0 Å². The third-order valence-corrected chi connectivity index (χ3v) is 3.08. The molecule has 0 aliphatic heterocycles. The number of aliphatic hydroxyl groups is 1. The van der Waals surface area contributed by atoms with Gasteiger partial charge in [-0.25, -0.2) is 4.79 Å². The number of carboxylic acids is 1. The second-order valence-corrected chi connectivity index (χ2v) is 4.12. The Morgan fingerprint density at radius 3 is 2.18 bits per heavy atom. The van der Waals surface area contributed by atoms with Crippen LogP contribution in [-0.4, -0.2) is 41.9 Å². The van der Waals surface area contributed by atoms with E-state index in [1.807, 2.05) is 13.8 Å². The fourth-order valence-corrected chi connectivity index (χ4v) is 1.39. The van der Waals surface area contributed by atoms with Gasteiger partial charge >= 0.3 is 12.0 Å². The van der Waals surface area contributed by atoms with E-state index in [1.54, 1.807) is 0 Å². The Labute approximate surface area is 101 Å². The second kappa shape index (κ2) is 7.89. The highest BCUT2D eigenvalue weighted by molar-refractivity contribution is 5.75. The Morgan fingerprint density at radius 2 is 1.76 bits per heavy atom. The summed E-state index contributed by atoms with van der Waals surface area (Å²) >= 11 is 0. The minimum Gasteiger partial charge on any atom is -0.481 e. The fourth-order valence-electron chi connectivity index (χ4n) is 1.39. The summed E-state index contributed by atoms with van der Waals surface area (Å²) in [7, 11) is 0. The van der Waals surface area contributed by atoms with Crippen molar-refractivity contribution in [2.45, 2.75) is 33.1 Å². The van der Waals surface area contributed by atoms with E-state index in [4.69, 9.17) is 5.11 Å². The van der Waals surface area contributed by atoms with Crippen LogP contribution in [0.5, 0.6) is 0 Å². The highest BCUT2D eigenvalue weighted by Crippen LogP contribution is 2.24. The maximum atomic E-state index is 11.3. The molecule has 100 valence electrons. The molecule has 0 aromatic rings. The number of carboxylic acid groups (broad SMARTS) is 1. The average Bonchev–Trinajstić information content (AvgIpc) is 2.31. The standard InChI is InChI=1S/C11H22N2O4/c1-3-11(4-2,8-14)7-13-10(17)12-6-5-9(15)16/h14H,3-8H2,1-2H3,(H,15,16)(H2,12,13,17). The lowest BCUT2D eigenvalue weighted by molar-refractivity contribution is -0.136. The summed E-state index contributed by atoms with van der Waals surface area (Å²) in [4.78, 5) is 21.6. The van der Waals surface area contributed by atoms with E-state index in [0.717, 1.165) is 12.8 Å². The number of aliphatic carboxylic acids is 1. The molecule has 0 radical (unpaired) electrons. The van der Waals surface area contributed by atoms with Crippen molar-refractivity contribution in [3.63, 3.8) is 0 Å². The molecule has 6 heteroatoms. The summed E-state index contributed by atoms with van der Waals surface area (Å²) in [6.45, 7) is 4.43. The molecule has 4 N–H and O–H groups in total. The minimum atomic E-state index is -0.947. The van der Waals surface area contributed by atoms with Crippen molar-refractivity contribution in [2.24, 2.45) is 5.41 Å². The lowest BCUT2D eigenvalue weighted by Gasteiger charge is -2.29. The Balaban J connectivity index is 3.92. The summed E-state index contributed by atoms with van der Waals surface area (Å²) in [5, 5.41) is 22.8. The number of carbonyl (C=O) groups is 2. The van der Waals surface area contributed by atoms with Gasteiger partial charge in [-0.3, -0.25) is 4.79 Å². The summed E-state index contributed by atoms with van der Waals surface area (Å²) in [6, 6.07) is -0.397. The van der Waals surface area contributed by atoms with Gasteiger partial charge in [0.1, 0.15) is 0 Å². The molecule has 0 aromatic heterocycles. The molecule has 0 aliphatic rings. The number of nitrogens with one attached hydrogen (secondary N) is 2. The molecule has 0 saturated heterocycles. The van der Waals surface area contributed by atoms with Crippen molar-refractivity contribution in [1.82, 2.24) is 10.6 Å². The molecule has 0 rings (SSSR count). The zero-order valence-electron chi connectivity index (χ0n) is 10.5. The third kappa shape index (κ3) is 6.11. The Morgan fingerprint density at radius 1 is 1.18 bits per heavy atom. The van der Waals surface area contributed by atoms with Crippen LogP contribution in [0.1, 0.15) is 33.1 Å². The molecular weight excluding hydrogens is 224 g/mol. The molecule has 0 spiro atoms. The molecule has 0 fully saturated rings. The molecular formula is C11H22N2O4. The first-order chi connectivity index (χ1) is 7.99. The number of aliphatic hydroxyl groups excluding tert-OH is 1. The quantitative estimate of drug-likeness (QED) is 0.503. The smallest absolute Gasteiger partial charge is 0.314 e. The maximum absolute atomic E-state index is 11.3. The molecule has 2 amide bonds. The highest BCUT2D eigenvalue weighted by Gasteiger charge is 2.25. The molecule has 0 aromatic carbocycles. The largest absolute Gasteiger partial charge is 0.481 e. The summed E-state index contributed by atoms with van der Waals surface area (Å²) in [5.41, 5.74) is -0.288. The van der Waals surface area contributed by atoms with E-state index < -0.39 is 12.0 Å². The number of rotatable bonds is 8. The molecule has 17 heavy (non-hydrogen) atoms. The monoisotopic (exact) mass is 246 g/mol. The molecule has 0 aliphatic carbocycles. The van der Waals surface area contributed by atoms with Crippen LogP contribution >= 0.6 is 0 Å². The van der Waals surface area contributed by atoms with Crippen LogP contribution in [-0.2, 0) is 4.79 Å². The molecule has 0 atom stereocenters. The van der Waals surface area contributed by atoms with Gasteiger partial charge in [-0.15, -0.1) is 0 Å². The van der Waals surface area contributed by atoms with E-state index in [9.17, 15) is 14.7 Å². The second-order valence-electron chi connectivity index (χ2n) is 4.12. The van der Waals surface area contributed by atoms with Crippen LogP contribution in [0.25, 0.3) is 0 Å². The predicted molar refractivity (Wildman–Crippen MR) is 63.8 cm³/mol. The first kappa shape index (κ1) is 15.7. The zero-order chi connectivity index (χ0) is 13.3. The Bertz CT molecular complexity index is 244. The van der Waals surface area contributed by atoms with Gasteiger partial charge in [0.25, 0.3) is 0 Å². The van der Waals surface area contributed by atoms with Gasteiger partial charge in [-0.1, -0.05) is 13.8 Å². The molecule has 0 heterocycles. The minimum absolute atomic E-state index is 0.0232. The van der Waals surface area contributed by atoms with Crippen LogP contribution in [0.4, 0.5) is 4.79 Å². The van der Waals surface area contributed by atoms with E-state index >= 15 is 0 Å². The number of urea groups is 1. The topological polar surface area (TPSA) is 98.7 Å². The van der Waals surface area contributed by atoms with Crippen LogP contribution in [0.2, 0.25) is 0 Å². The summed E-state index contributed by atoms with van der Waals surface area (Å²) in [5.74, 6) is -0.947. The van der Waals surface area contributed by atoms with Gasteiger partial charge in [0.2, 0.25) is 0 Å².